The first-order valence-corrected chi connectivity index (χ1v) is 13.0. The van der Waals surface area contributed by atoms with Gasteiger partial charge in [0.1, 0.15) is 11.6 Å². The van der Waals surface area contributed by atoms with Crippen LogP contribution in [0.2, 0.25) is 0 Å². The Balaban J connectivity index is 1.66. The molecule has 1 amide bonds. The van der Waals surface area contributed by atoms with Gasteiger partial charge in [0.2, 0.25) is 0 Å². The summed E-state index contributed by atoms with van der Waals surface area (Å²) in [7, 11) is 0. The van der Waals surface area contributed by atoms with Crippen LogP contribution < -0.4 is 10.2 Å². The lowest BCUT2D eigenvalue weighted by Crippen LogP contribution is -2.51. The van der Waals surface area contributed by atoms with Gasteiger partial charge in [0.05, 0.1) is 28.6 Å². The number of aromatic nitrogens is 2. The quantitative estimate of drug-likeness (QED) is 0.252. The number of anilines is 1. The fourth-order valence-electron chi connectivity index (χ4n) is 5.42. The maximum absolute atomic E-state index is 14.3. The molecule has 1 aromatic heterocycles. The summed E-state index contributed by atoms with van der Waals surface area (Å²) < 4.78 is 97.2. The average Bonchev–Trinajstić information content (AvgIpc) is 3.29. The predicted octanol–water partition coefficient (Wildman–Crippen LogP) is 7.13. The fraction of sp³-hybridized carbons (Fsp3) is 0.267. The van der Waals surface area contributed by atoms with E-state index >= 15 is 0 Å². The van der Waals surface area contributed by atoms with Crippen LogP contribution in [0, 0.1) is 12.7 Å². The number of amides is 1. The number of nitrogens with zero attached hydrogens (tertiary/aromatic N) is 3. The molecule has 1 aliphatic heterocycles. The molecule has 5 nitrogen and oxygen atoms in total. The van der Waals surface area contributed by atoms with Gasteiger partial charge < -0.3 is 10.2 Å². The monoisotopic (exact) mass is 590 g/mol. The van der Waals surface area contributed by atoms with E-state index < -0.39 is 47.2 Å². The predicted molar refractivity (Wildman–Crippen MR) is 142 cm³/mol. The summed E-state index contributed by atoms with van der Waals surface area (Å²) >= 11 is 0. The highest BCUT2D eigenvalue weighted by atomic mass is 19.4. The Kier molecular flexibility index (Phi) is 7.50. The molecule has 42 heavy (non-hydrogen) atoms. The van der Waals surface area contributed by atoms with Crippen LogP contribution in [0.5, 0.6) is 0 Å². The number of hydrogen-bond acceptors (Lipinski definition) is 3. The maximum Gasteiger partial charge on any atom is 0.419 e. The van der Waals surface area contributed by atoms with Crippen molar-refractivity contribution in [3.05, 3.63) is 112 Å². The number of fused-ring (bicyclic) bond motifs is 1. The maximum atomic E-state index is 14.3. The smallest absolute Gasteiger partial charge is 0.354 e. The zero-order valence-corrected chi connectivity index (χ0v) is 22.4. The molecule has 220 valence electrons. The van der Waals surface area contributed by atoms with Gasteiger partial charge in [-0.1, -0.05) is 30.3 Å². The normalized spacial score (nSPS) is 17.2. The molecule has 0 radical (unpaired) electrons. The Morgan fingerprint density at radius 1 is 0.952 bits per heavy atom. The number of nitrogens with one attached hydrogen (secondary N) is 1. The van der Waals surface area contributed by atoms with Crippen molar-refractivity contribution in [2.24, 2.45) is 0 Å². The standard InChI is InChI=1S/C30H25F7N4O/c1-3-40-16-24(38-27(42)19-8-7-9-20(14-19)29(32,33)34)26(18-12-13-23(31)22(15-18)30(35,36)37)25-17(2)39-41(28(25)40)21-10-5-4-6-11-21/h4-15,24,26H,3,16H2,1-2H3,(H,38,42)/t24-,26-/m1/s1. The van der Waals surface area contributed by atoms with Crippen LogP contribution in [0.4, 0.5) is 36.6 Å². The molecule has 0 spiro atoms. The molecular formula is C30H25F7N4O. The Morgan fingerprint density at radius 2 is 1.67 bits per heavy atom. The Morgan fingerprint density at radius 3 is 2.31 bits per heavy atom. The van der Waals surface area contributed by atoms with Crippen molar-refractivity contribution in [2.75, 3.05) is 18.0 Å². The molecule has 4 aromatic rings. The van der Waals surface area contributed by atoms with E-state index in [1.54, 1.807) is 11.6 Å². The summed E-state index contributed by atoms with van der Waals surface area (Å²) in [6, 6.07) is 14.7. The van der Waals surface area contributed by atoms with Crippen LogP contribution in [0.1, 0.15) is 51.1 Å². The summed E-state index contributed by atoms with van der Waals surface area (Å²) in [5.41, 5.74) is -0.985. The van der Waals surface area contributed by atoms with Crippen molar-refractivity contribution in [3.8, 4) is 5.69 Å². The molecule has 1 N–H and O–H groups in total. The van der Waals surface area contributed by atoms with Crippen molar-refractivity contribution >= 4 is 11.7 Å². The molecule has 1 aliphatic rings. The van der Waals surface area contributed by atoms with Crippen LogP contribution >= 0.6 is 0 Å². The van der Waals surface area contributed by atoms with Crippen LogP contribution in [0.25, 0.3) is 5.69 Å². The van der Waals surface area contributed by atoms with Crippen molar-refractivity contribution in [1.29, 1.82) is 0 Å². The number of likely N-dealkylation sites (N-methyl/N-ethyl adjacent to an activating group) is 1. The highest BCUT2D eigenvalue weighted by Crippen LogP contribution is 2.44. The Hall–Kier alpha value is -4.35. The van der Waals surface area contributed by atoms with E-state index in [1.165, 1.54) is 12.1 Å². The van der Waals surface area contributed by atoms with E-state index in [0.717, 1.165) is 18.2 Å². The van der Waals surface area contributed by atoms with Gasteiger partial charge in [0.15, 0.2) is 0 Å². The van der Waals surface area contributed by atoms with E-state index in [1.807, 2.05) is 42.2 Å². The Bertz CT molecular complexity index is 1610. The number of aryl methyl sites for hydroxylation is 1. The second-order valence-electron chi connectivity index (χ2n) is 9.98. The number of para-hydroxylation sites is 1. The van der Waals surface area contributed by atoms with E-state index in [-0.39, 0.29) is 17.7 Å². The molecule has 0 saturated carbocycles. The Labute approximate surface area is 236 Å². The number of carbonyl (C=O) groups is 1. The number of carbonyl (C=O) groups excluding carboxylic acids is 1. The molecule has 0 unspecified atom stereocenters. The SMILES string of the molecule is CCN1C[C@@H](NC(=O)c2cccc(C(F)(F)F)c2)[C@@H](c2ccc(F)c(C(F)(F)F)c2)c2c(C)nn(-c3ccccc3)c21. The van der Waals surface area contributed by atoms with Crippen LogP contribution in [0.15, 0.2) is 72.8 Å². The van der Waals surface area contributed by atoms with Crippen molar-refractivity contribution in [2.45, 2.75) is 38.2 Å². The minimum absolute atomic E-state index is 0.0748. The van der Waals surface area contributed by atoms with Gasteiger partial charge in [0, 0.05) is 30.1 Å². The lowest BCUT2D eigenvalue weighted by atomic mass is 9.81. The molecule has 0 aliphatic carbocycles. The molecule has 0 bridgehead atoms. The third kappa shape index (κ3) is 5.45. The zero-order valence-electron chi connectivity index (χ0n) is 22.4. The van der Waals surface area contributed by atoms with E-state index in [4.69, 9.17) is 0 Å². The third-order valence-corrected chi connectivity index (χ3v) is 7.32. The van der Waals surface area contributed by atoms with Gasteiger partial charge >= 0.3 is 12.4 Å². The van der Waals surface area contributed by atoms with Gasteiger partial charge in [0.25, 0.3) is 5.91 Å². The molecule has 5 rings (SSSR count). The van der Waals surface area contributed by atoms with Gasteiger partial charge in [-0.05, 0) is 61.9 Å². The number of benzene rings is 3. The van der Waals surface area contributed by atoms with Gasteiger partial charge in [-0.15, -0.1) is 0 Å². The highest BCUT2D eigenvalue weighted by molar-refractivity contribution is 5.95. The summed E-state index contributed by atoms with van der Waals surface area (Å²) in [4.78, 5) is 15.2. The average molecular weight is 591 g/mol. The molecule has 3 aromatic carbocycles. The molecular weight excluding hydrogens is 565 g/mol. The molecule has 0 fully saturated rings. The lowest BCUT2D eigenvalue weighted by molar-refractivity contribution is -0.140. The summed E-state index contributed by atoms with van der Waals surface area (Å²) in [5, 5.41) is 7.43. The second-order valence-corrected chi connectivity index (χ2v) is 9.98. The van der Waals surface area contributed by atoms with Crippen LogP contribution in [-0.4, -0.2) is 34.8 Å². The van der Waals surface area contributed by atoms with Gasteiger partial charge in [-0.3, -0.25) is 4.79 Å². The number of hydrogen-bond donors (Lipinski definition) is 1. The summed E-state index contributed by atoms with van der Waals surface area (Å²) in [6.45, 7) is 4.05. The zero-order chi connectivity index (χ0) is 30.4. The number of rotatable bonds is 5. The van der Waals surface area contributed by atoms with Crippen molar-refractivity contribution in [1.82, 2.24) is 15.1 Å². The first kappa shape index (κ1) is 29.2. The van der Waals surface area contributed by atoms with E-state index in [9.17, 15) is 35.5 Å². The molecule has 12 heteroatoms. The largest absolute Gasteiger partial charge is 0.419 e. The first-order valence-electron chi connectivity index (χ1n) is 13.0. The first-order chi connectivity index (χ1) is 19.8. The third-order valence-electron chi connectivity index (χ3n) is 7.32. The lowest BCUT2D eigenvalue weighted by Gasteiger charge is -2.40. The molecule has 2 heterocycles. The fourth-order valence-corrected chi connectivity index (χ4v) is 5.42. The minimum atomic E-state index is -4.98. The van der Waals surface area contributed by atoms with Crippen molar-refractivity contribution in [3.63, 3.8) is 0 Å². The van der Waals surface area contributed by atoms with Gasteiger partial charge in [-0.25, -0.2) is 9.07 Å². The van der Waals surface area contributed by atoms with Crippen LogP contribution in [-0.2, 0) is 12.4 Å². The summed E-state index contributed by atoms with van der Waals surface area (Å²) in [5.74, 6) is -2.62. The van der Waals surface area contributed by atoms with E-state index in [0.29, 0.717) is 41.4 Å². The van der Waals surface area contributed by atoms with E-state index in [2.05, 4.69) is 10.4 Å². The second kappa shape index (κ2) is 10.8. The number of halogens is 7. The highest BCUT2D eigenvalue weighted by Gasteiger charge is 2.42. The number of alkyl halides is 6. The minimum Gasteiger partial charge on any atom is -0.354 e. The summed E-state index contributed by atoms with van der Waals surface area (Å²) in [6.07, 6.45) is -9.66. The van der Waals surface area contributed by atoms with Crippen LogP contribution in [0.3, 0.4) is 0 Å². The molecule has 2 atom stereocenters. The topological polar surface area (TPSA) is 50.2 Å². The van der Waals surface area contributed by atoms with Crippen molar-refractivity contribution < 1.29 is 35.5 Å². The molecule has 0 saturated heterocycles. The van der Waals surface area contributed by atoms with Gasteiger partial charge in [-0.2, -0.15) is 31.4 Å².